The summed E-state index contributed by atoms with van der Waals surface area (Å²) in [5.41, 5.74) is 2.13. The lowest BCUT2D eigenvalue weighted by atomic mass is 9.84. The number of alkyl halides is 2. The third kappa shape index (κ3) is 8.15. The molecule has 10 heteroatoms. The lowest BCUT2D eigenvalue weighted by Gasteiger charge is -2.30. The highest BCUT2D eigenvalue weighted by Crippen LogP contribution is 2.28. The molecule has 0 atom stereocenters. The molecule has 0 spiro atoms. The fraction of sp³-hybridized carbons (Fsp3) is 0.654. The van der Waals surface area contributed by atoms with Crippen LogP contribution in [-0.2, 0) is 17.6 Å². The number of rotatable bonds is 10. The van der Waals surface area contributed by atoms with E-state index >= 15 is 0 Å². The first-order valence-electron chi connectivity index (χ1n) is 12.8. The molecule has 1 saturated carbocycles. The van der Waals surface area contributed by atoms with E-state index in [1.807, 2.05) is 6.07 Å². The fourth-order valence-corrected chi connectivity index (χ4v) is 4.89. The molecule has 1 aliphatic carbocycles. The highest BCUT2D eigenvalue weighted by Gasteiger charge is 2.25. The molecule has 3 heterocycles. The zero-order chi connectivity index (χ0) is 25.5. The van der Waals surface area contributed by atoms with Gasteiger partial charge in [0.05, 0.1) is 0 Å². The van der Waals surface area contributed by atoms with Crippen molar-refractivity contribution in [2.75, 3.05) is 32.8 Å². The van der Waals surface area contributed by atoms with Crippen molar-refractivity contribution in [1.29, 1.82) is 0 Å². The number of nitrogens with zero attached hydrogens (tertiary/aromatic N) is 3. The van der Waals surface area contributed by atoms with Crippen LogP contribution in [0.2, 0.25) is 0 Å². The summed E-state index contributed by atoms with van der Waals surface area (Å²) in [6.45, 7) is 4.81. The van der Waals surface area contributed by atoms with Crippen LogP contribution in [0.5, 0.6) is 11.8 Å². The Hall–Kier alpha value is -2.75. The van der Waals surface area contributed by atoms with Gasteiger partial charge in [0.15, 0.2) is 13.2 Å². The molecule has 0 unspecified atom stereocenters. The molecular weight excluding hydrogens is 470 g/mol. The van der Waals surface area contributed by atoms with Crippen LogP contribution < -0.4 is 14.8 Å². The van der Waals surface area contributed by atoms with Gasteiger partial charge in [-0.2, -0.15) is 0 Å². The molecule has 0 saturated heterocycles. The molecule has 36 heavy (non-hydrogen) atoms. The number of carbonyl (C=O) groups is 1. The highest BCUT2D eigenvalue weighted by atomic mass is 19.3. The van der Waals surface area contributed by atoms with Crippen LogP contribution in [0, 0.1) is 12.8 Å². The second kappa shape index (κ2) is 12.0. The van der Waals surface area contributed by atoms with Gasteiger partial charge in [0.1, 0.15) is 5.76 Å². The van der Waals surface area contributed by atoms with E-state index in [4.69, 9.17) is 14.0 Å². The number of hydrogen-bond donors (Lipinski definition) is 1. The number of aromatic nitrogens is 2. The molecule has 2 aromatic rings. The molecule has 198 valence electrons. The molecule has 1 amide bonds. The number of nitrogens with one attached hydrogen (secondary N) is 1. The molecule has 1 aliphatic heterocycles. The minimum Gasteiger partial charge on any atom is -0.471 e. The molecule has 0 radical (unpaired) electrons. The Bertz CT molecular complexity index is 1000. The van der Waals surface area contributed by atoms with Crippen LogP contribution in [0.25, 0.3) is 0 Å². The van der Waals surface area contributed by atoms with Gasteiger partial charge in [0.25, 0.3) is 17.7 Å². The van der Waals surface area contributed by atoms with Gasteiger partial charge in [0, 0.05) is 50.3 Å². The van der Waals surface area contributed by atoms with Gasteiger partial charge in [-0.05, 0) is 68.6 Å². The summed E-state index contributed by atoms with van der Waals surface area (Å²) in [7, 11) is 0. The normalized spacial score (nSPS) is 20.9. The maximum absolute atomic E-state index is 13.1. The Balaban J connectivity index is 1.13. The number of aryl methyl sites for hydroxylation is 1. The molecule has 1 N–H and O–H groups in total. The van der Waals surface area contributed by atoms with Gasteiger partial charge in [-0.3, -0.25) is 4.79 Å². The largest absolute Gasteiger partial charge is 0.471 e. The van der Waals surface area contributed by atoms with Crippen LogP contribution in [0.4, 0.5) is 8.78 Å². The van der Waals surface area contributed by atoms with Crippen molar-refractivity contribution in [3.8, 4) is 11.8 Å². The summed E-state index contributed by atoms with van der Waals surface area (Å²) < 4.78 is 41.6. The third-order valence-electron chi connectivity index (χ3n) is 6.90. The van der Waals surface area contributed by atoms with Gasteiger partial charge in [0.2, 0.25) is 5.88 Å². The molecule has 0 bridgehead atoms. The van der Waals surface area contributed by atoms with E-state index in [-0.39, 0.29) is 24.4 Å². The summed E-state index contributed by atoms with van der Waals surface area (Å²) in [5, 5.41) is 6.80. The molecule has 4 rings (SSSR count). The van der Waals surface area contributed by atoms with Crippen molar-refractivity contribution in [2.24, 2.45) is 5.92 Å². The maximum Gasteiger partial charge on any atom is 0.278 e. The second-order valence-electron chi connectivity index (χ2n) is 10.1. The van der Waals surface area contributed by atoms with Gasteiger partial charge < -0.3 is 24.2 Å². The topological polar surface area (TPSA) is 89.7 Å². The van der Waals surface area contributed by atoms with Crippen molar-refractivity contribution >= 4 is 5.91 Å². The van der Waals surface area contributed by atoms with Crippen LogP contribution in [0.1, 0.15) is 56.0 Å². The SMILES string of the molecule is Cc1cc(OCC(=O)NC2CCC(CCN3CCc4ccc(OCC(C)(F)F)nc4CC3)CC2)no1. The highest BCUT2D eigenvalue weighted by molar-refractivity contribution is 5.77. The number of hydrogen-bond acceptors (Lipinski definition) is 7. The summed E-state index contributed by atoms with van der Waals surface area (Å²) in [4.78, 5) is 19.1. The quantitative estimate of drug-likeness (QED) is 0.522. The van der Waals surface area contributed by atoms with E-state index in [2.05, 4.69) is 20.4 Å². The van der Waals surface area contributed by atoms with Gasteiger partial charge in [-0.1, -0.05) is 6.07 Å². The smallest absolute Gasteiger partial charge is 0.278 e. The van der Waals surface area contributed by atoms with Crippen LogP contribution >= 0.6 is 0 Å². The molecular formula is C26H36F2N4O4. The summed E-state index contributed by atoms with van der Waals surface area (Å²) in [6, 6.07) is 5.50. The second-order valence-corrected chi connectivity index (χ2v) is 10.1. The number of ether oxygens (including phenoxy) is 2. The lowest BCUT2D eigenvalue weighted by Crippen LogP contribution is -2.40. The van der Waals surface area contributed by atoms with Crippen molar-refractivity contribution in [1.82, 2.24) is 20.4 Å². The van der Waals surface area contributed by atoms with E-state index < -0.39 is 12.5 Å². The predicted molar refractivity (Wildman–Crippen MR) is 129 cm³/mol. The van der Waals surface area contributed by atoms with E-state index in [9.17, 15) is 13.6 Å². The lowest BCUT2D eigenvalue weighted by molar-refractivity contribution is -0.124. The first-order valence-corrected chi connectivity index (χ1v) is 12.8. The van der Waals surface area contributed by atoms with Crippen LogP contribution in [-0.4, -0.2) is 65.8 Å². The average molecular weight is 507 g/mol. The van der Waals surface area contributed by atoms with Gasteiger partial charge in [-0.25, -0.2) is 13.8 Å². The average Bonchev–Trinajstić information content (AvgIpc) is 3.15. The van der Waals surface area contributed by atoms with Crippen molar-refractivity contribution in [3.05, 3.63) is 35.2 Å². The Morgan fingerprint density at radius 3 is 2.67 bits per heavy atom. The van der Waals surface area contributed by atoms with E-state index in [0.29, 0.717) is 17.6 Å². The zero-order valence-electron chi connectivity index (χ0n) is 21.1. The molecule has 0 aromatic carbocycles. The fourth-order valence-electron chi connectivity index (χ4n) is 4.89. The van der Waals surface area contributed by atoms with E-state index in [1.54, 1.807) is 19.1 Å². The summed E-state index contributed by atoms with van der Waals surface area (Å²) in [6.07, 6.45) is 7.01. The predicted octanol–water partition coefficient (Wildman–Crippen LogP) is 3.96. The minimum absolute atomic E-state index is 0.0587. The molecule has 8 nitrogen and oxygen atoms in total. The van der Waals surface area contributed by atoms with Crippen molar-refractivity contribution in [2.45, 2.75) is 70.8 Å². The Kier molecular flexibility index (Phi) is 8.77. The molecule has 2 aromatic heterocycles. The molecule has 1 fully saturated rings. The number of amides is 1. The first kappa shape index (κ1) is 26.3. The summed E-state index contributed by atoms with van der Waals surface area (Å²) in [5.74, 6) is -1.10. The minimum atomic E-state index is -2.87. The number of fused-ring (bicyclic) bond motifs is 1. The van der Waals surface area contributed by atoms with Crippen molar-refractivity contribution < 1.29 is 27.6 Å². The monoisotopic (exact) mass is 506 g/mol. The Labute approximate surface area is 210 Å². The van der Waals surface area contributed by atoms with Gasteiger partial charge >= 0.3 is 0 Å². The number of halogens is 2. The first-order chi connectivity index (χ1) is 17.2. The van der Waals surface area contributed by atoms with E-state index in [0.717, 1.165) is 77.2 Å². The van der Waals surface area contributed by atoms with Gasteiger partial charge in [-0.15, -0.1) is 0 Å². The standard InChI is InChI=1S/C26H36F2N4O4/c1-18-15-25(31-36-18)34-16-23(33)29-21-6-3-19(4-7-21)9-12-32-13-10-20-5-8-24(30-22(20)11-14-32)35-17-26(2,27)28/h5,8,15,19,21H,3-4,6-7,9-14,16-17H2,1-2H3,(H,29,33). The van der Waals surface area contributed by atoms with E-state index in [1.165, 1.54) is 5.56 Å². The third-order valence-corrected chi connectivity index (χ3v) is 6.90. The van der Waals surface area contributed by atoms with Crippen LogP contribution in [0.15, 0.2) is 22.7 Å². The van der Waals surface area contributed by atoms with Crippen LogP contribution in [0.3, 0.4) is 0 Å². The number of pyridine rings is 1. The van der Waals surface area contributed by atoms with Crippen molar-refractivity contribution in [3.63, 3.8) is 0 Å². The Morgan fingerprint density at radius 1 is 1.17 bits per heavy atom. The number of carbonyl (C=O) groups excluding carboxylic acids is 1. The summed E-state index contributed by atoms with van der Waals surface area (Å²) >= 11 is 0. The molecule has 2 aliphatic rings. The maximum atomic E-state index is 13.1. The Morgan fingerprint density at radius 2 is 1.94 bits per heavy atom. The zero-order valence-corrected chi connectivity index (χ0v) is 21.1.